The Hall–Kier alpha value is -3.15. The number of aromatic nitrogens is 2. The van der Waals surface area contributed by atoms with Gasteiger partial charge in [-0.1, -0.05) is 6.07 Å². The lowest BCUT2D eigenvalue weighted by molar-refractivity contribution is 0.415. The van der Waals surface area contributed by atoms with E-state index in [2.05, 4.69) is 20.6 Å². The van der Waals surface area contributed by atoms with Crippen LogP contribution in [-0.4, -0.2) is 17.1 Å². The third-order valence-electron chi connectivity index (χ3n) is 3.30. The van der Waals surface area contributed by atoms with Gasteiger partial charge in [-0.2, -0.15) is 4.98 Å². The molecule has 0 saturated heterocycles. The third kappa shape index (κ3) is 3.98. The molecular formula is C18H17FN4O. The minimum atomic E-state index is -0.278. The minimum Gasteiger partial charge on any atom is -0.497 e. The number of halogens is 1. The maximum Gasteiger partial charge on any atom is 0.229 e. The summed E-state index contributed by atoms with van der Waals surface area (Å²) in [6, 6.07) is 15.4. The summed E-state index contributed by atoms with van der Waals surface area (Å²) in [5, 5.41) is 6.29. The molecule has 0 atom stereocenters. The fourth-order valence-corrected chi connectivity index (χ4v) is 2.20. The Labute approximate surface area is 139 Å². The predicted octanol–water partition coefficient (Wildman–Crippen LogP) is 4.42. The van der Waals surface area contributed by atoms with Gasteiger partial charge < -0.3 is 15.4 Å². The second-order valence-corrected chi connectivity index (χ2v) is 5.21. The fraction of sp³-hybridized carbons (Fsp3) is 0.111. The first-order chi connectivity index (χ1) is 11.6. The highest BCUT2D eigenvalue weighted by Gasteiger charge is 2.04. The zero-order chi connectivity index (χ0) is 16.9. The van der Waals surface area contributed by atoms with Crippen molar-refractivity contribution < 1.29 is 9.13 Å². The first kappa shape index (κ1) is 15.7. The van der Waals surface area contributed by atoms with E-state index in [4.69, 9.17) is 4.74 Å². The molecule has 24 heavy (non-hydrogen) atoms. The Morgan fingerprint density at radius 3 is 2.46 bits per heavy atom. The molecule has 1 aromatic heterocycles. The number of aryl methyl sites for hydroxylation is 1. The molecule has 2 N–H and O–H groups in total. The summed E-state index contributed by atoms with van der Waals surface area (Å²) in [7, 11) is 1.62. The molecule has 0 unspecified atom stereocenters. The number of methoxy groups -OCH3 is 1. The average molecular weight is 324 g/mol. The Kier molecular flexibility index (Phi) is 4.56. The molecule has 0 saturated carbocycles. The highest BCUT2D eigenvalue weighted by Crippen LogP contribution is 2.22. The Morgan fingerprint density at radius 1 is 0.917 bits per heavy atom. The lowest BCUT2D eigenvalue weighted by Crippen LogP contribution is -2.02. The van der Waals surface area contributed by atoms with E-state index in [9.17, 15) is 4.39 Å². The van der Waals surface area contributed by atoms with Crippen LogP contribution in [0.15, 0.2) is 54.6 Å². The molecule has 6 heteroatoms. The van der Waals surface area contributed by atoms with Gasteiger partial charge in [0.05, 0.1) is 7.11 Å². The molecule has 0 radical (unpaired) electrons. The highest BCUT2D eigenvalue weighted by atomic mass is 19.1. The van der Waals surface area contributed by atoms with E-state index in [-0.39, 0.29) is 5.82 Å². The Balaban J connectivity index is 1.81. The molecule has 0 spiro atoms. The number of anilines is 4. The van der Waals surface area contributed by atoms with Crippen molar-refractivity contribution in [3.63, 3.8) is 0 Å². The summed E-state index contributed by atoms with van der Waals surface area (Å²) < 4.78 is 18.2. The van der Waals surface area contributed by atoms with E-state index in [0.29, 0.717) is 11.8 Å². The van der Waals surface area contributed by atoms with Crippen molar-refractivity contribution in [2.24, 2.45) is 0 Å². The molecule has 2 aromatic carbocycles. The number of nitrogens with one attached hydrogen (secondary N) is 2. The predicted molar refractivity (Wildman–Crippen MR) is 92.7 cm³/mol. The minimum absolute atomic E-state index is 0.278. The summed E-state index contributed by atoms with van der Waals surface area (Å²) >= 11 is 0. The maximum atomic E-state index is 13.0. The largest absolute Gasteiger partial charge is 0.497 e. The van der Waals surface area contributed by atoms with E-state index < -0.39 is 0 Å². The SMILES string of the molecule is COc1cccc(Nc2nc(C)cc(Nc3ccc(F)cc3)n2)c1. The van der Waals surface area contributed by atoms with Crippen LogP contribution in [0.3, 0.4) is 0 Å². The van der Waals surface area contributed by atoms with E-state index >= 15 is 0 Å². The molecule has 0 bridgehead atoms. The van der Waals surface area contributed by atoms with Gasteiger partial charge in [-0.15, -0.1) is 0 Å². The normalized spacial score (nSPS) is 10.3. The van der Waals surface area contributed by atoms with Crippen LogP contribution >= 0.6 is 0 Å². The monoisotopic (exact) mass is 324 g/mol. The topological polar surface area (TPSA) is 59.1 Å². The van der Waals surface area contributed by atoms with E-state index in [0.717, 1.165) is 22.8 Å². The van der Waals surface area contributed by atoms with Crippen molar-refractivity contribution >= 4 is 23.1 Å². The van der Waals surface area contributed by atoms with Gasteiger partial charge in [-0.3, -0.25) is 0 Å². The van der Waals surface area contributed by atoms with Crippen molar-refractivity contribution in [2.75, 3.05) is 17.7 Å². The Bertz CT molecular complexity index is 837. The summed E-state index contributed by atoms with van der Waals surface area (Å²) in [4.78, 5) is 8.81. The van der Waals surface area contributed by atoms with Gasteiger partial charge in [-0.25, -0.2) is 9.37 Å². The van der Waals surface area contributed by atoms with Crippen molar-refractivity contribution in [1.29, 1.82) is 0 Å². The molecule has 122 valence electrons. The lowest BCUT2D eigenvalue weighted by Gasteiger charge is -2.10. The first-order valence-electron chi connectivity index (χ1n) is 7.42. The summed E-state index contributed by atoms with van der Waals surface area (Å²) in [5.41, 5.74) is 2.38. The molecule has 0 fully saturated rings. The number of hydrogen-bond acceptors (Lipinski definition) is 5. The van der Waals surface area contributed by atoms with Gasteiger partial charge in [0, 0.05) is 29.2 Å². The standard InChI is InChI=1S/C18H17FN4O/c1-12-10-17(21-14-8-6-13(19)7-9-14)23-18(20-12)22-15-4-3-5-16(11-15)24-2/h3-11H,1-2H3,(H2,20,21,22,23). The van der Waals surface area contributed by atoms with Crippen LogP contribution in [0, 0.1) is 12.7 Å². The molecule has 5 nitrogen and oxygen atoms in total. The molecule has 3 rings (SSSR count). The molecule has 0 aliphatic heterocycles. The number of rotatable bonds is 5. The molecule has 0 amide bonds. The van der Waals surface area contributed by atoms with Gasteiger partial charge in [0.2, 0.25) is 5.95 Å². The van der Waals surface area contributed by atoms with Crippen molar-refractivity contribution in [2.45, 2.75) is 6.92 Å². The van der Waals surface area contributed by atoms with E-state index in [1.54, 1.807) is 19.2 Å². The van der Waals surface area contributed by atoms with Crippen LogP contribution in [0.4, 0.5) is 27.5 Å². The van der Waals surface area contributed by atoms with Gasteiger partial charge in [0.1, 0.15) is 17.4 Å². The molecular weight excluding hydrogens is 307 g/mol. The van der Waals surface area contributed by atoms with Crippen LogP contribution in [0.5, 0.6) is 5.75 Å². The second kappa shape index (κ2) is 6.95. The fourth-order valence-electron chi connectivity index (χ4n) is 2.20. The summed E-state index contributed by atoms with van der Waals surface area (Å²) in [6.07, 6.45) is 0. The van der Waals surface area contributed by atoms with Crippen molar-refractivity contribution in [1.82, 2.24) is 9.97 Å². The van der Waals surface area contributed by atoms with Crippen LogP contribution in [0.25, 0.3) is 0 Å². The van der Waals surface area contributed by atoms with Gasteiger partial charge in [0.25, 0.3) is 0 Å². The van der Waals surface area contributed by atoms with Gasteiger partial charge in [-0.05, 0) is 43.3 Å². The Morgan fingerprint density at radius 2 is 1.71 bits per heavy atom. The summed E-state index contributed by atoms with van der Waals surface area (Å²) in [5.74, 6) is 1.56. The van der Waals surface area contributed by atoms with Gasteiger partial charge >= 0.3 is 0 Å². The average Bonchev–Trinajstić information content (AvgIpc) is 2.56. The first-order valence-corrected chi connectivity index (χ1v) is 7.42. The molecule has 3 aromatic rings. The van der Waals surface area contributed by atoms with Crippen LogP contribution < -0.4 is 15.4 Å². The van der Waals surface area contributed by atoms with E-state index in [1.165, 1.54) is 12.1 Å². The number of nitrogens with zero attached hydrogens (tertiary/aromatic N) is 2. The number of benzene rings is 2. The maximum absolute atomic E-state index is 13.0. The highest BCUT2D eigenvalue weighted by molar-refractivity contribution is 5.60. The van der Waals surface area contributed by atoms with Crippen molar-refractivity contribution in [3.05, 3.63) is 66.1 Å². The smallest absolute Gasteiger partial charge is 0.229 e. The third-order valence-corrected chi connectivity index (χ3v) is 3.30. The molecule has 0 aliphatic carbocycles. The zero-order valence-electron chi connectivity index (χ0n) is 13.4. The molecule has 0 aliphatic rings. The quantitative estimate of drug-likeness (QED) is 0.727. The number of hydrogen-bond donors (Lipinski definition) is 2. The van der Waals surface area contributed by atoms with Crippen LogP contribution in [0.2, 0.25) is 0 Å². The van der Waals surface area contributed by atoms with Crippen LogP contribution in [0.1, 0.15) is 5.69 Å². The second-order valence-electron chi connectivity index (χ2n) is 5.21. The van der Waals surface area contributed by atoms with Crippen LogP contribution in [-0.2, 0) is 0 Å². The number of ether oxygens (including phenoxy) is 1. The lowest BCUT2D eigenvalue weighted by atomic mass is 10.3. The van der Waals surface area contributed by atoms with Gasteiger partial charge in [0.15, 0.2) is 0 Å². The zero-order valence-corrected chi connectivity index (χ0v) is 13.4. The summed E-state index contributed by atoms with van der Waals surface area (Å²) in [6.45, 7) is 1.88. The molecule has 1 heterocycles. The van der Waals surface area contributed by atoms with Crippen molar-refractivity contribution in [3.8, 4) is 5.75 Å². The van der Waals surface area contributed by atoms with E-state index in [1.807, 2.05) is 37.3 Å².